The number of H-pyrrole nitrogens is 1. The zero-order valence-corrected chi connectivity index (χ0v) is 37.5. The number of benzene rings is 4. The van der Waals surface area contributed by atoms with Gasteiger partial charge in [-0.3, -0.25) is 14.3 Å². The first-order chi connectivity index (χ1) is 30.4. The zero-order chi connectivity index (χ0) is 45.1. The molecule has 4 aromatic carbocycles. The summed E-state index contributed by atoms with van der Waals surface area (Å²) in [5, 5.41) is 9.50. The van der Waals surface area contributed by atoms with Crippen molar-refractivity contribution in [2.75, 3.05) is 34.0 Å². The number of nitriles is 1. The number of aryl methyl sites for hydroxylation is 1. The van der Waals surface area contributed by atoms with Crippen LogP contribution in [-0.4, -0.2) is 84.6 Å². The summed E-state index contributed by atoms with van der Waals surface area (Å²) in [7, 11) is 1.28. The Morgan fingerprint density at radius 1 is 0.825 bits per heavy atom. The molecule has 0 amide bonds. The molecule has 63 heavy (non-hydrogen) atoms. The summed E-state index contributed by atoms with van der Waals surface area (Å²) < 4.78 is 48.3. The minimum atomic E-state index is -1.93. The van der Waals surface area contributed by atoms with E-state index in [9.17, 15) is 19.6 Å². The lowest BCUT2D eigenvalue weighted by Crippen LogP contribution is -2.44. The molecule has 0 radical (unpaired) electrons. The van der Waals surface area contributed by atoms with Crippen molar-refractivity contribution in [1.82, 2.24) is 14.2 Å². The summed E-state index contributed by atoms with van der Waals surface area (Å²) in [6, 6.07) is 34.6. The normalized spacial score (nSPS) is 18.0. The summed E-state index contributed by atoms with van der Waals surface area (Å²) in [6.07, 6.45) is -1.37. The zero-order valence-electron chi connectivity index (χ0n) is 36.6. The minimum absolute atomic E-state index is 0.0646. The lowest BCUT2D eigenvalue weighted by molar-refractivity contribution is -0.0870. The molecule has 1 aromatic heterocycles. The maximum absolute atomic E-state index is 13.9. The van der Waals surface area contributed by atoms with Crippen LogP contribution in [0.2, 0.25) is 0 Å². The molecule has 1 N–H and O–H groups in total. The second-order valence-electron chi connectivity index (χ2n) is 15.6. The van der Waals surface area contributed by atoms with E-state index in [2.05, 4.69) is 15.7 Å². The fraction of sp³-hybridized carbons (Fsp3) is 0.375. The first-order valence-corrected chi connectivity index (χ1v) is 22.0. The fourth-order valence-electron chi connectivity index (χ4n) is 7.86. The molecule has 0 bridgehead atoms. The van der Waals surface area contributed by atoms with Gasteiger partial charge in [-0.15, -0.1) is 0 Å². The van der Waals surface area contributed by atoms with E-state index < -0.39 is 55.7 Å². The highest BCUT2D eigenvalue weighted by Gasteiger charge is 2.51. The van der Waals surface area contributed by atoms with Gasteiger partial charge in [0.2, 0.25) is 0 Å². The Hall–Kier alpha value is -5.65. The van der Waals surface area contributed by atoms with E-state index in [1.54, 1.807) is 51.5 Å². The van der Waals surface area contributed by atoms with Crippen molar-refractivity contribution in [3.8, 4) is 17.6 Å². The summed E-state index contributed by atoms with van der Waals surface area (Å²) in [5.74, 6) is 0.727. The minimum Gasteiger partial charge on any atom is -0.497 e. The number of hydrogen-bond donors (Lipinski definition) is 1. The predicted molar refractivity (Wildman–Crippen MR) is 239 cm³/mol. The molecule has 1 saturated heterocycles. The molecule has 0 saturated carbocycles. The molecule has 332 valence electrons. The van der Waals surface area contributed by atoms with Gasteiger partial charge in [0.25, 0.3) is 14.1 Å². The van der Waals surface area contributed by atoms with Gasteiger partial charge in [0.1, 0.15) is 42.0 Å². The molecule has 14 nitrogen and oxygen atoms in total. The molecule has 15 heteroatoms. The van der Waals surface area contributed by atoms with Crippen LogP contribution in [-0.2, 0) is 28.9 Å². The second-order valence-corrected chi connectivity index (χ2v) is 17.0. The monoisotopic (exact) mass is 878 g/mol. The lowest BCUT2D eigenvalue weighted by Gasteiger charge is -2.39. The van der Waals surface area contributed by atoms with Crippen LogP contribution in [0.5, 0.6) is 11.5 Å². The van der Waals surface area contributed by atoms with Crippen molar-refractivity contribution >= 4 is 14.5 Å². The van der Waals surface area contributed by atoms with E-state index in [0.29, 0.717) is 17.1 Å². The first kappa shape index (κ1) is 46.8. The van der Waals surface area contributed by atoms with Gasteiger partial charge in [-0.2, -0.15) is 5.26 Å². The highest BCUT2D eigenvalue weighted by molar-refractivity contribution is 7.44. The average molecular weight is 879 g/mol. The number of nitrogens with zero attached hydrogens (tertiary/aromatic N) is 3. The highest BCUT2D eigenvalue weighted by atomic mass is 31.2. The molecule has 5 atom stereocenters. The van der Waals surface area contributed by atoms with E-state index in [4.69, 9.17) is 32.7 Å². The van der Waals surface area contributed by atoms with Crippen LogP contribution in [0.25, 0.3) is 0 Å². The van der Waals surface area contributed by atoms with Gasteiger partial charge in [0, 0.05) is 23.8 Å². The average Bonchev–Trinajstić information content (AvgIpc) is 3.63. The summed E-state index contributed by atoms with van der Waals surface area (Å²) in [5.41, 5.74) is 0.461. The molecule has 0 spiro atoms. The molecule has 5 aromatic rings. The molecule has 1 unspecified atom stereocenters. The Balaban J connectivity index is 1.52. The third-order valence-electron chi connectivity index (χ3n) is 10.8. The van der Waals surface area contributed by atoms with Crippen molar-refractivity contribution in [2.45, 2.75) is 83.1 Å². The molecule has 6 rings (SSSR count). The second kappa shape index (κ2) is 21.6. The summed E-state index contributed by atoms with van der Waals surface area (Å²) in [6.45, 7) is 9.36. The van der Waals surface area contributed by atoms with Gasteiger partial charge in [-0.25, -0.2) is 14.3 Å². The first-order valence-electron chi connectivity index (χ1n) is 20.8. The van der Waals surface area contributed by atoms with Crippen molar-refractivity contribution in [1.29, 1.82) is 5.26 Å². The van der Waals surface area contributed by atoms with Gasteiger partial charge < -0.3 is 32.7 Å². The number of aromatic nitrogens is 2. The summed E-state index contributed by atoms with van der Waals surface area (Å²) >= 11 is 0. The molecular weight excluding hydrogens is 824 g/mol. The smallest absolute Gasteiger partial charge is 0.338 e. The molecule has 1 fully saturated rings. The third kappa shape index (κ3) is 10.8. The molecular formula is C48H55N4O10P. The largest absolute Gasteiger partial charge is 0.497 e. The number of hydrogen-bond acceptors (Lipinski definition) is 12. The maximum Gasteiger partial charge on any atom is 0.338 e. The number of esters is 1. The van der Waals surface area contributed by atoms with Crippen LogP contribution in [0.3, 0.4) is 0 Å². The quantitative estimate of drug-likeness (QED) is 0.0352. The van der Waals surface area contributed by atoms with Crippen molar-refractivity contribution in [3.05, 3.63) is 164 Å². The molecule has 0 aliphatic carbocycles. The van der Waals surface area contributed by atoms with Gasteiger partial charge in [0.15, 0.2) is 0 Å². The molecule has 1 aliphatic heterocycles. The van der Waals surface area contributed by atoms with Crippen molar-refractivity contribution in [3.63, 3.8) is 0 Å². The number of aromatic amines is 1. The lowest BCUT2D eigenvalue weighted by atomic mass is 9.80. The van der Waals surface area contributed by atoms with E-state index in [1.807, 2.05) is 107 Å². The SMILES string of the molecule is COc1ccc(C(OC[C@@H]2O[C@@H](COC(=O)c3ccccc3)[C@H](n3cc(C)c(=O)[nH]c3=O)[C@H]2OP(OCCC#N)N(C(C)C)C(C)C)(c2ccccc2)c2ccc(OC)cc2)cc1. The number of ether oxygens (including phenoxy) is 5. The van der Waals surface area contributed by atoms with Gasteiger partial charge in [-0.05, 0) is 87.7 Å². The molecule has 1 aliphatic rings. The van der Waals surface area contributed by atoms with Gasteiger partial charge in [-0.1, -0.05) is 72.8 Å². The third-order valence-corrected chi connectivity index (χ3v) is 12.9. The highest BCUT2D eigenvalue weighted by Crippen LogP contribution is 2.51. The topological polar surface area (TPSA) is 164 Å². The van der Waals surface area contributed by atoms with Crippen LogP contribution in [0.1, 0.15) is 72.8 Å². The Kier molecular flexibility index (Phi) is 16.1. The van der Waals surface area contributed by atoms with Crippen LogP contribution in [0.15, 0.2) is 125 Å². The standard InChI is InChI=1S/C48H55N4O10P/c1-32(2)52(33(3)4)63(60-28-14-27-49)62-44-42(61-41(30-58-46(54)35-15-10-8-11-16-35)43(44)51-29-34(5)45(53)50-47(51)55)31-59-48(36-17-12-9-13-18-36,37-19-23-39(56-6)24-20-37)38-21-25-40(57-7)26-22-38/h8-13,15-26,29,32-33,41-44H,14,28,30-31H2,1-7H3,(H,50,53,55)/t41-,42-,43-,44-,63?/m0/s1. The Labute approximate surface area is 369 Å². The Morgan fingerprint density at radius 2 is 1.38 bits per heavy atom. The number of carbonyl (C=O) groups is 1. The molecule has 2 heterocycles. The van der Waals surface area contributed by atoms with Crippen LogP contribution < -0.4 is 20.7 Å². The van der Waals surface area contributed by atoms with Crippen molar-refractivity contribution < 1.29 is 37.5 Å². The van der Waals surface area contributed by atoms with Crippen LogP contribution in [0.4, 0.5) is 0 Å². The number of methoxy groups -OCH3 is 2. The fourth-order valence-corrected chi connectivity index (χ4v) is 9.63. The van der Waals surface area contributed by atoms with Crippen molar-refractivity contribution in [2.24, 2.45) is 0 Å². The van der Waals surface area contributed by atoms with Gasteiger partial charge >= 0.3 is 11.7 Å². The predicted octanol–water partition coefficient (Wildman–Crippen LogP) is 7.70. The van der Waals surface area contributed by atoms with Crippen LogP contribution in [0, 0.1) is 18.3 Å². The Morgan fingerprint density at radius 3 is 1.92 bits per heavy atom. The maximum atomic E-state index is 13.9. The van der Waals surface area contributed by atoms with E-state index in [-0.39, 0.29) is 43.9 Å². The number of rotatable bonds is 20. The number of nitrogens with one attached hydrogen (secondary N) is 1. The summed E-state index contributed by atoms with van der Waals surface area (Å²) in [4.78, 5) is 42.6. The van der Waals surface area contributed by atoms with E-state index in [1.165, 1.54) is 10.8 Å². The van der Waals surface area contributed by atoms with Gasteiger partial charge in [0.05, 0.1) is 51.5 Å². The van der Waals surface area contributed by atoms with E-state index >= 15 is 0 Å². The van der Waals surface area contributed by atoms with Crippen LogP contribution >= 0.6 is 8.53 Å². The van der Waals surface area contributed by atoms with E-state index in [0.717, 1.165) is 16.7 Å². The number of carbonyl (C=O) groups excluding carboxylic acids is 1. The Bertz CT molecular complexity index is 2350.